The largest absolute Gasteiger partial charge is 0.444 e. The molecule has 0 saturated carbocycles. The fraction of sp³-hybridized carbons (Fsp3) is 0.882. The predicted octanol–water partition coefficient (Wildman–Crippen LogP) is 3.18. The van der Waals surface area contributed by atoms with Crippen LogP contribution in [0.4, 0.5) is 4.79 Å². The highest BCUT2D eigenvalue weighted by atomic mass is 16.6. The van der Waals surface area contributed by atoms with E-state index in [4.69, 9.17) is 10.3 Å². The molecule has 0 radical (unpaired) electrons. The highest BCUT2D eigenvalue weighted by Crippen LogP contribution is 2.36. The molecule has 2 unspecified atom stereocenters. The van der Waals surface area contributed by atoms with Crippen molar-refractivity contribution in [2.24, 2.45) is 16.4 Å². The van der Waals surface area contributed by atoms with Crippen LogP contribution in [0.15, 0.2) is 5.11 Å². The number of carbonyl (C=O) groups excluding carboxylic acids is 2. The molecule has 25 heavy (non-hydrogen) atoms. The Morgan fingerprint density at radius 3 is 2.68 bits per heavy atom. The molecule has 2 amide bonds. The molecule has 2 aliphatic rings. The topological polar surface area (TPSA) is 98.6 Å². The summed E-state index contributed by atoms with van der Waals surface area (Å²) in [5.74, 6) is 0.199. The van der Waals surface area contributed by atoms with E-state index < -0.39 is 5.60 Å². The number of likely N-dealkylation sites (tertiary alicyclic amines) is 2. The van der Waals surface area contributed by atoms with Gasteiger partial charge in [-0.2, -0.15) is 0 Å². The van der Waals surface area contributed by atoms with Crippen molar-refractivity contribution in [2.45, 2.75) is 59.1 Å². The maximum Gasteiger partial charge on any atom is 0.410 e. The van der Waals surface area contributed by atoms with E-state index in [1.165, 1.54) is 0 Å². The van der Waals surface area contributed by atoms with Crippen molar-refractivity contribution < 1.29 is 14.3 Å². The molecule has 2 atom stereocenters. The van der Waals surface area contributed by atoms with Crippen molar-refractivity contribution >= 4 is 12.0 Å². The third-order valence-corrected chi connectivity index (χ3v) is 4.84. The summed E-state index contributed by atoms with van der Waals surface area (Å²) in [4.78, 5) is 31.2. The molecule has 0 bridgehead atoms. The van der Waals surface area contributed by atoms with Gasteiger partial charge in [-0.05, 0) is 38.6 Å². The average molecular weight is 351 g/mol. The Balaban J connectivity index is 2.02. The quantitative estimate of drug-likeness (QED) is 0.443. The zero-order chi connectivity index (χ0) is 18.8. The van der Waals surface area contributed by atoms with Gasteiger partial charge in [-0.3, -0.25) is 4.79 Å². The van der Waals surface area contributed by atoms with E-state index in [2.05, 4.69) is 23.9 Å². The second kappa shape index (κ2) is 7.12. The summed E-state index contributed by atoms with van der Waals surface area (Å²) in [5.41, 5.74) is 7.72. The van der Waals surface area contributed by atoms with Crippen LogP contribution in [0.3, 0.4) is 0 Å². The number of hydrogen-bond donors (Lipinski definition) is 0. The summed E-state index contributed by atoms with van der Waals surface area (Å²) in [6, 6.07) is 0.0785. The standard InChI is InChI=1S/C17H29N5O3/c1-16(2,3)25-15(24)21-7-6-13(17(4,5)11-21)22-10-12(8-14(22)23)9-19-20-18/h12-13H,6-11H2,1-5H3. The van der Waals surface area contributed by atoms with Gasteiger partial charge in [0.2, 0.25) is 5.91 Å². The van der Waals surface area contributed by atoms with Crippen LogP contribution in [0.25, 0.3) is 10.4 Å². The number of carbonyl (C=O) groups is 2. The molecule has 2 fully saturated rings. The van der Waals surface area contributed by atoms with E-state index in [9.17, 15) is 9.59 Å². The second-order valence-corrected chi connectivity index (χ2v) is 8.72. The first-order valence-corrected chi connectivity index (χ1v) is 8.82. The number of rotatable bonds is 3. The van der Waals surface area contributed by atoms with Crippen LogP contribution in [-0.4, -0.2) is 59.6 Å². The Hall–Kier alpha value is -1.95. The van der Waals surface area contributed by atoms with E-state index in [0.29, 0.717) is 32.6 Å². The Morgan fingerprint density at radius 1 is 1.44 bits per heavy atom. The van der Waals surface area contributed by atoms with Crippen molar-refractivity contribution in [1.82, 2.24) is 9.80 Å². The molecule has 0 aromatic carbocycles. The number of nitrogens with zero attached hydrogens (tertiary/aromatic N) is 5. The molecule has 0 aliphatic carbocycles. The molecule has 2 rings (SSSR count). The Labute approximate surface area is 149 Å². The zero-order valence-electron chi connectivity index (χ0n) is 15.9. The molecule has 0 spiro atoms. The van der Waals surface area contributed by atoms with Crippen molar-refractivity contribution in [3.63, 3.8) is 0 Å². The fourth-order valence-electron chi connectivity index (χ4n) is 3.79. The highest BCUT2D eigenvalue weighted by Gasteiger charge is 2.45. The van der Waals surface area contributed by atoms with Crippen LogP contribution < -0.4 is 0 Å². The third kappa shape index (κ3) is 4.78. The summed E-state index contributed by atoms with van der Waals surface area (Å²) in [6.45, 7) is 11.9. The van der Waals surface area contributed by atoms with Crippen LogP contribution in [0.2, 0.25) is 0 Å². The molecule has 0 aromatic rings. The summed E-state index contributed by atoms with van der Waals surface area (Å²) in [7, 11) is 0. The van der Waals surface area contributed by atoms with E-state index in [1.807, 2.05) is 25.7 Å². The molecule has 2 aliphatic heterocycles. The lowest BCUT2D eigenvalue weighted by Crippen LogP contribution is -2.57. The van der Waals surface area contributed by atoms with Gasteiger partial charge >= 0.3 is 6.09 Å². The summed E-state index contributed by atoms with van der Waals surface area (Å²) in [6.07, 6.45) is 0.862. The second-order valence-electron chi connectivity index (χ2n) is 8.72. The first-order chi connectivity index (χ1) is 11.5. The lowest BCUT2D eigenvalue weighted by atomic mass is 9.78. The zero-order valence-corrected chi connectivity index (χ0v) is 15.9. The molecule has 8 nitrogen and oxygen atoms in total. The number of hydrogen-bond acceptors (Lipinski definition) is 4. The van der Waals surface area contributed by atoms with Gasteiger partial charge in [-0.15, -0.1) is 0 Å². The van der Waals surface area contributed by atoms with Crippen LogP contribution >= 0.6 is 0 Å². The molecule has 2 saturated heterocycles. The van der Waals surface area contributed by atoms with Gasteiger partial charge in [0.15, 0.2) is 0 Å². The van der Waals surface area contributed by atoms with Crippen LogP contribution in [-0.2, 0) is 9.53 Å². The fourth-order valence-corrected chi connectivity index (χ4v) is 3.79. The molecule has 2 heterocycles. The van der Waals surface area contributed by atoms with Gasteiger partial charge in [0.25, 0.3) is 0 Å². The van der Waals surface area contributed by atoms with Crippen molar-refractivity contribution in [2.75, 3.05) is 26.2 Å². The minimum absolute atomic E-state index is 0.0785. The van der Waals surface area contributed by atoms with Gasteiger partial charge in [0.05, 0.1) is 0 Å². The van der Waals surface area contributed by atoms with Crippen LogP contribution in [0.5, 0.6) is 0 Å². The van der Waals surface area contributed by atoms with E-state index in [0.717, 1.165) is 6.42 Å². The van der Waals surface area contributed by atoms with E-state index >= 15 is 0 Å². The van der Waals surface area contributed by atoms with Gasteiger partial charge < -0.3 is 14.5 Å². The number of ether oxygens (including phenoxy) is 1. The first kappa shape index (κ1) is 19.4. The van der Waals surface area contributed by atoms with Gasteiger partial charge in [-0.25, -0.2) is 4.79 Å². The first-order valence-electron chi connectivity index (χ1n) is 8.82. The highest BCUT2D eigenvalue weighted by molar-refractivity contribution is 5.79. The minimum Gasteiger partial charge on any atom is -0.444 e. The van der Waals surface area contributed by atoms with Crippen LogP contribution in [0, 0.1) is 11.3 Å². The van der Waals surface area contributed by atoms with E-state index in [1.54, 1.807) is 4.90 Å². The van der Waals surface area contributed by atoms with Crippen LogP contribution in [0.1, 0.15) is 47.5 Å². The normalized spacial score (nSPS) is 26.4. The molecule has 0 aromatic heterocycles. The van der Waals surface area contributed by atoms with Gasteiger partial charge in [0.1, 0.15) is 5.60 Å². The summed E-state index contributed by atoms with van der Waals surface area (Å²) in [5, 5.41) is 3.61. The number of azide groups is 1. The third-order valence-electron chi connectivity index (χ3n) is 4.84. The maximum atomic E-state index is 12.4. The lowest BCUT2D eigenvalue weighted by Gasteiger charge is -2.47. The number of piperidine rings is 1. The molecule has 8 heteroatoms. The molecule has 0 N–H and O–H groups in total. The summed E-state index contributed by atoms with van der Waals surface area (Å²) >= 11 is 0. The summed E-state index contributed by atoms with van der Waals surface area (Å²) < 4.78 is 5.47. The van der Waals surface area contributed by atoms with Crippen molar-refractivity contribution in [3.05, 3.63) is 10.4 Å². The van der Waals surface area contributed by atoms with Crippen molar-refractivity contribution in [1.29, 1.82) is 0 Å². The Morgan fingerprint density at radius 2 is 2.12 bits per heavy atom. The Bertz CT molecular complexity index is 577. The monoisotopic (exact) mass is 351 g/mol. The lowest BCUT2D eigenvalue weighted by molar-refractivity contribution is -0.133. The average Bonchev–Trinajstić information content (AvgIpc) is 2.83. The van der Waals surface area contributed by atoms with Crippen molar-refractivity contribution in [3.8, 4) is 0 Å². The number of amides is 2. The maximum absolute atomic E-state index is 12.4. The Kier molecular flexibility index (Phi) is 5.52. The predicted molar refractivity (Wildman–Crippen MR) is 93.8 cm³/mol. The smallest absolute Gasteiger partial charge is 0.410 e. The van der Waals surface area contributed by atoms with E-state index in [-0.39, 0.29) is 29.4 Å². The molecule has 140 valence electrons. The van der Waals surface area contributed by atoms with Gasteiger partial charge in [-0.1, -0.05) is 19.0 Å². The SMILES string of the molecule is CC(C)(C)OC(=O)N1CCC(N2CC(CN=[N+]=[N-])CC2=O)C(C)(C)C1. The molecular weight excluding hydrogens is 322 g/mol. The molecular formula is C17H29N5O3. The minimum atomic E-state index is -0.516. The van der Waals surface area contributed by atoms with Gasteiger partial charge in [0, 0.05) is 49.0 Å².